The van der Waals surface area contributed by atoms with Gasteiger partial charge in [0.05, 0.1) is 5.88 Å². The summed E-state index contributed by atoms with van der Waals surface area (Å²) in [7, 11) is 2.21. The van der Waals surface area contributed by atoms with Crippen LogP contribution in [0.15, 0.2) is 12.1 Å². The number of aryl methyl sites for hydroxylation is 1. The van der Waals surface area contributed by atoms with Crippen molar-refractivity contribution in [3.8, 4) is 0 Å². The van der Waals surface area contributed by atoms with Gasteiger partial charge in [-0.25, -0.2) is 9.97 Å². The van der Waals surface area contributed by atoms with Crippen LogP contribution >= 0.6 is 11.6 Å². The van der Waals surface area contributed by atoms with Crippen molar-refractivity contribution in [1.29, 1.82) is 0 Å². The normalized spacial score (nSPS) is 17.1. The number of alkyl halides is 1. The molecule has 1 fully saturated rings. The Kier molecular flexibility index (Phi) is 3.69. The molecule has 1 unspecified atom stereocenters. The largest absolute Gasteiger partial charge is 0.310 e. The Balaban J connectivity index is 1.93. The number of hydrogen-bond acceptors (Lipinski definition) is 3. The maximum atomic E-state index is 6.06. The van der Waals surface area contributed by atoms with Crippen molar-refractivity contribution in [1.82, 2.24) is 19.4 Å². The first-order valence-corrected chi connectivity index (χ1v) is 7.74. The highest BCUT2D eigenvalue weighted by Crippen LogP contribution is 2.28. The van der Waals surface area contributed by atoms with Crippen LogP contribution in [0.2, 0.25) is 0 Å². The summed E-state index contributed by atoms with van der Waals surface area (Å²) >= 11 is 6.06. The molecule has 2 aromatic heterocycles. The molecule has 2 aromatic rings. The van der Waals surface area contributed by atoms with Crippen LogP contribution in [0.4, 0.5) is 0 Å². The van der Waals surface area contributed by atoms with Crippen LogP contribution in [0.25, 0.3) is 11.2 Å². The van der Waals surface area contributed by atoms with E-state index in [4.69, 9.17) is 11.6 Å². The van der Waals surface area contributed by atoms with Gasteiger partial charge in [0.1, 0.15) is 11.3 Å². The molecule has 1 atom stereocenters. The highest BCUT2D eigenvalue weighted by atomic mass is 35.5. The van der Waals surface area contributed by atoms with E-state index >= 15 is 0 Å². The van der Waals surface area contributed by atoms with Gasteiger partial charge in [-0.1, -0.05) is 0 Å². The lowest BCUT2D eigenvalue weighted by Gasteiger charge is -2.25. The number of nitrogens with zero attached hydrogens (tertiary/aromatic N) is 4. The minimum atomic E-state index is 0.426. The van der Waals surface area contributed by atoms with E-state index < -0.39 is 0 Å². The van der Waals surface area contributed by atoms with Crippen LogP contribution in [0.3, 0.4) is 0 Å². The summed E-state index contributed by atoms with van der Waals surface area (Å²) in [5, 5.41) is 0. The van der Waals surface area contributed by atoms with Gasteiger partial charge in [0.2, 0.25) is 0 Å². The van der Waals surface area contributed by atoms with E-state index in [1.54, 1.807) is 0 Å². The van der Waals surface area contributed by atoms with Gasteiger partial charge < -0.3 is 4.57 Å². The predicted octanol–water partition coefficient (Wildman–Crippen LogP) is 2.96. The number of hydrogen-bond donors (Lipinski definition) is 0. The van der Waals surface area contributed by atoms with Gasteiger partial charge in [0.15, 0.2) is 5.65 Å². The Morgan fingerprint density at radius 1 is 1.40 bits per heavy atom. The summed E-state index contributed by atoms with van der Waals surface area (Å²) in [6.45, 7) is 5.16. The van der Waals surface area contributed by atoms with Gasteiger partial charge in [0, 0.05) is 24.3 Å². The van der Waals surface area contributed by atoms with Crippen molar-refractivity contribution >= 4 is 22.8 Å². The third-order valence-electron chi connectivity index (χ3n) is 4.19. The lowest BCUT2D eigenvalue weighted by atomic mass is 10.3. The SMILES string of the molecule is Cc1ccc2nc(CCl)n(CC(C)N(C)C3CC3)c2n1. The van der Waals surface area contributed by atoms with Crippen molar-refractivity contribution < 1.29 is 0 Å². The first-order chi connectivity index (χ1) is 9.60. The number of rotatable bonds is 5. The van der Waals surface area contributed by atoms with Crippen molar-refractivity contribution in [3.63, 3.8) is 0 Å². The van der Waals surface area contributed by atoms with Crippen molar-refractivity contribution in [2.24, 2.45) is 0 Å². The van der Waals surface area contributed by atoms with E-state index in [1.165, 1.54) is 12.8 Å². The number of pyridine rings is 1. The van der Waals surface area contributed by atoms with Gasteiger partial charge in [-0.15, -0.1) is 11.6 Å². The average Bonchev–Trinajstić information content (AvgIpc) is 3.22. The third-order valence-corrected chi connectivity index (χ3v) is 4.43. The molecule has 2 heterocycles. The molecule has 20 heavy (non-hydrogen) atoms. The third kappa shape index (κ3) is 2.54. The molecule has 108 valence electrons. The fourth-order valence-corrected chi connectivity index (χ4v) is 2.88. The van der Waals surface area contributed by atoms with Crippen LogP contribution < -0.4 is 0 Å². The number of aromatic nitrogens is 3. The highest BCUT2D eigenvalue weighted by molar-refractivity contribution is 6.16. The molecule has 0 N–H and O–H groups in total. The number of fused-ring (bicyclic) bond motifs is 1. The number of halogens is 1. The van der Waals surface area contributed by atoms with E-state index in [1.807, 2.05) is 19.1 Å². The lowest BCUT2D eigenvalue weighted by Crippen LogP contribution is -2.34. The van der Waals surface area contributed by atoms with Crippen molar-refractivity contribution in [2.45, 2.75) is 51.2 Å². The molecule has 0 aliphatic heterocycles. The van der Waals surface area contributed by atoms with E-state index in [-0.39, 0.29) is 0 Å². The second-order valence-corrected chi connectivity index (χ2v) is 6.08. The minimum absolute atomic E-state index is 0.426. The maximum absolute atomic E-state index is 6.06. The van der Waals surface area contributed by atoms with Crippen LogP contribution in [0, 0.1) is 6.92 Å². The Morgan fingerprint density at radius 3 is 2.80 bits per heavy atom. The first kappa shape index (κ1) is 13.8. The molecule has 3 rings (SSSR count). The molecule has 1 saturated carbocycles. The molecule has 0 radical (unpaired) electrons. The minimum Gasteiger partial charge on any atom is -0.310 e. The van der Waals surface area contributed by atoms with E-state index in [0.29, 0.717) is 11.9 Å². The molecule has 0 aromatic carbocycles. The molecule has 0 amide bonds. The summed E-state index contributed by atoms with van der Waals surface area (Å²) in [6.07, 6.45) is 2.65. The second kappa shape index (κ2) is 5.34. The van der Waals surface area contributed by atoms with Crippen molar-refractivity contribution in [3.05, 3.63) is 23.7 Å². The van der Waals surface area contributed by atoms with E-state index in [2.05, 4.69) is 33.4 Å². The first-order valence-electron chi connectivity index (χ1n) is 7.21. The van der Waals surface area contributed by atoms with Crippen LogP contribution in [-0.2, 0) is 12.4 Å². The summed E-state index contributed by atoms with van der Waals surface area (Å²) in [5.74, 6) is 1.34. The molecule has 5 heteroatoms. The monoisotopic (exact) mass is 292 g/mol. The van der Waals surface area contributed by atoms with Gasteiger partial charge >= 0.3 is 0 Å². The summed E-state index contributed by atoms with van der Waals surface area (Å²) in [4.78, 5) is 11.7. The molecular formula is C15H21ClN4. The molecule has 0 spiro atoms. The quantitative estimate of drug-likeness (QED) is 0.795. The van der Waals surface area contributed by atoms with Gasteiger partial charge in [-0.05, 0) is 45.9 Å². The Morgan fingerprint density at radius 2 is 2.15 bits per heavy atom. The van der Waals surface area contributed by atoms with E-state index in [9.17, 15) is 0 Å². The number of likely N-dealkylation sites (N-methyl/N-ethyl adjacent to an activating group) is 1. The Labute approximate surface area is 124 Å². The van der Waals surface area contributed by atoms with Gasteiger partial charge in [0.25, 0.3) is 0 Å². The number of imidazole rings is 1. The standard InChI is InChI=1S/C15H21ClN4/c1-10-4-7-13-15(17-10)20(14(8-16)18-13)9-11(2)19(3)12-5-6-12/h4,7,11-12H,5-6,8-9H2,1-3H3. The maximum Gasteiger partial charge on any atom is 0.160 e. The fraction of sp³-hybridized carbons (Fsp3) is 0.600. The Hall–Kier alpha value is -1.13. The van der Waals surface area contributed by atoms with Crippen LogP contribution in [0.5, 0.6) is 0 Å². The van der Waals surface area contributed by atoms with Crippen LogP contribution in [0.1, 0.15) is 31.3 Å². The summed E-state index contributed by atoms with van der Waals surface area (Å²) in [6, 6.07) is 5.25. The predicted molar refractivity (Wildman–Crippen MR) is 82.1 cm³/mol. The molecular weight excluding hydrogens is 272 g/mol. The summed E-state index contributed by atoms with van der Waals surface area (Å²) < 4.78 is 2.18. The zero-order valence-electron chi connectivity index (χ0n) is 12.3. The molecule has 1 aliphatic carbocycles. The molecule has 4 nitrogen and oxygen atoms in total. The molecule has 1 aliphatic rings. The topological polar surface area (TPSA) is 34.0 Å². The average molecular weight is 293 g/mol. The zero-order valence-corrected chi connectivity index (χ0v) is 13.1. The molecule has 0 bridgehead atoms. The fourth-order valence-electron chi connectivity index (χ4n) is 2.67. The molecule has 0 saturated heterocycles. The van der Waals surface area contributed by atoms with Crippen LogP contribution in [-0.4, -0.2) is 38.6 Å². The van der Waals surface area contributed by atoms with Crippen molar-refractivity contribution in [2.75, 3.05) is 7.05 Å². The smallest absolute Gasteiger partial charge is 0.160 e. The van der Waals surface area contributed by atoms with Gasteiger partial charge in [-0.3, -0.25) is 4.90 Å². The second-order valence-electron chi connectivity index (χ2n) is 5.81. The van der Waals surface area contributed by atoms with E-state index in [0.717, 1.165) is 35.3 Å². The lowest BCUT2D eigenvalue weighted by molar-refractivity contribution is 0.226. The van der Waals surface area contributed by atoms with Gasteiger partial charge in [-0.2, -0.15) is 0 Å². The zero-order chi connectivity index (χ0) is 14.3. The highest BCUT2D eigenvalue weighted by Gasteiger charge is 2.29. The Bertz CT molecular complexity index is 618. The summed E-state index contributed by atoms with van der Waals surface area (Å²) in [5.41, 5.74) is 2.91.